The lowest BCUT2D eigenvalue weighted by Gasteiger charge is -2.22. The molecule has 1 unspecified atom stereocenters. The molecule has 6 heteroatoms. The van der Waals surface area contributed by atoms with Crippen LogP contribution >= 0.6 is 0 Å². The second-order valence-electron chi connectivity index (χ2n) is 6.45. The summed E-state index contributed by atoms with van der Waals surface area (Å²) in [6, 6.07) is 19.8. The van der Waals surface area contributed by atoms with Crippen molar-refractivity contribution in [2.75, 3.05) is 11.9 Å². The number of nitrogens with one attached hydrogen (secondary N) is 1. The quantitative estimate of drug-likeness (QED) is 0.771. The summed E-state index contributed by atoms with van der Waals surface area (Å²) < 4.78 is 5.32. The van der Waals surface area contributed by atoms with Gasteiger partial charge in [-0.15, -0.1) is 0 Å². The van der Waals surface area contributed by atoms with Crippen molar-refractivity contribution < 1.29 is 14.1 Å². The summed E-state index contributed by atoms with van der Waals surface area (Å²) in [5.41, 5.74) is 1.78. The third-order valence-electron chi connectivity index (χ3n) is 4.65. The Hall–Kier alpha value is -3.41. The van der Waals surface area contributed by atoms with E-state index in [1.54, 1.807) is 11.0 Å². The first kappa shape index (κ1) is 17.0. The molecule has 0 bridgehead atoms. The molecule has 1 saturated heterocycles. The van der Waals surface area contributed by atoms with Gasteiger partial charge in [0.2, 0.25) is 5.91 Å². The van der Waals surface area contributed by atoms with Gasteiger partial charge in [0.15, 0.2) is 11.5 Å². The number of para-hydroxylation sites is 1. The molecule has 1 atom stereocenters. The second-order valence-corrected chi connectivity index (χ2v) is 6.45. The van der Waals surface area contributed by atoms with Crippen LogP contribution in [0.1, 0.15) is 23.3 Å². The highest BCUT2D eigenvalue weighted by atomic mass is 16.5. The fourth-order valence-electron chi connectivity index (χ4n) is 3.29. The number of likely N-dealkylation sites (tertiary alicyclic amines) is 1. The maximum atomic E-state index is 12.9. The Balaban J connectivity index is 1.49. The Labute approximate surface area is 156 Å². The minimum Gasteiger partial charge on any atom is -0.355 e. The molecule has 1 aliphatic rings. The van der Waals surface area contributed by atoms with Crippen molar-refractivity contribution in [1.82, 2.24) is 10.1 Å². The average Bonchev–Trinajstić information content (AvgIpc) is 3.39. The Bertz CT molecular complexity index is 938. The van der Waals surface area contributed by atoms with Gasteiger partial charge in [0.25, 0.3) is 5.91 Å². The molecule has 1 aromatic heterocycles. The van der Waals surface area contributed by atoms with Crippen molar-refractivity contribution in [1.29, 1.82) is 0 Å². The Morgan fingerprint density at radius 1 is 1.04 bits per heavy atom. The van der Waals surface area contributed by atoms with E-state index in [2.05, 4.69) is 10.5 Å². The van der Waals surface area contributed by atoms with Gasteiger partial charge < -0.3 is 14.7 Å². The maximum Gasteiger partial charge on any atom is 0.276 e. The summed E-state index contributed by atoms with van der Waals surface area (Å²) in [5.74, 6) is 0.0638. The van der Waals surface area contributed by atoms with Crippen LogP contribution in [0.4, 0.5) is 5.69 Å². The molecular weight excluding hydrogens is 342 g/mol. The van der Waals surface area contributed by atoms with Crippen LogP contribution in [0.25, 0.3) is 11.3 Å². The van der Waals surface area contributed by atoms with Crippen LogP contribution in [-0.2, 0) is 4.79 Å². The molecule has 0 aliphatic carbocycles. The van der Waals surface area contributed by atoms with Gasteiger partial charge >= 0.3 is 0 Å². The first-order valence-corrected chi connectivity index (χ1v) is 8.91. The predicted molar refractivity (Wildman–Crippen MR) is 101 cm³/mol. The first-order valence-electron chi connectivity index (χ1n) is 8.91. The van der Waals surface area contributed by atoms with Gasteiger partial charge in [-0.2, -0.15) is 0 Å². The highest BCUT2D eigenvalue weighted by molar-refractivity contribution is 6.01. The lowest BCUT2D eigenvalue weighted by atomic mass is 10.1. The van der Waals surface area contributed by atoms with Gasteiger partial charge in [-0.05, 0) is 25.0 Å². The summed E-state index contributed by atoms with van der Waals surface area (Å²) in [4.78, 5) is 27.1. The van der Waals surface area contributed by atoms with Gasteiger partial charge in [0, 0.05) is 23.9 Å². The fraction of sp³-hybridized carbons (Fsp3) is 0.190. The molecule has 1 fully saturated rings. The number of carbonyl (C=O) groups is 2. The highest BCUT2D eigenvalue weighted by Gasteiger charge is 2.35. The largest absolute Gasteiger partial charge is 0.355 e. The zero-order chi connectivity index (χ0) is 18.6. The molecule has 27 heavy (non-hydrogen) atoms. The lowest BCUT2D eigenvalue weighted by Crippen LogP contribution is -2.43. The normalized spacial score (nSPS) is 16.3. The monoisotopic (exact) mass is 361 g/mol. The molecule has 0 radical (unpaired) electrons. The molecule has 136 valence electrons. The number of carbonyl (C=O) groups excluding carboxylic acids is 2. The van der Waals surface area contributed by atoms with Crippen molar-refractivity contribution in [3.8, 4) is 11.3 Å². The van der Waals surface area contributed by atoms with Gasteiger partial charge in [0.05, 0.1) is 0 Å². The number of anilines is 1. The summed E-state index contributed by atoms with van der Waals surface area (Å²) in [5, 5.41) is 6.79. The molecule has 1 aliphatic heterocycles. The summed E-state index contributed by atoms with van der Waals surface area (Å²) in [6.45, 7) is 0.527. The van der Waals surface area contributed by atoms with Gasteiger partial charge in [-0.1, -0.05) is 53.7 Å². The molecular formula is C21H19N3O3. The Morgan fingerprint density at radius 2 is 1.74 bits per heavy atom. The van der Waals surface area contributed by atoms with Gasteiger partial charge in [-0.25, -0.2) is 0 Å². The molecule has 2 amide bonds. The Kier molecular flexibility index (Phi) is 4.70. The first-order chi connectivity index (χ1) is 13.2. The lowest BCUT2D eigenvalue weighted by molar-refractivity contribution is -0.119. The van der Waals surface area contributed by atoms with E-state index in [1.165, 1.54) is 0 Å². The van der Waals surface area contributed by atoms with Crippen molar-refractivity contribution in [2.24, 2.45) is 0 Å². The van der Waals surface area contributed by atoms with Crippen LogP contribution in [0, 0.1) is 0 Å². The van der Waals surface area contributed by atoms with Crippen LogP contribution < -0.4 is 5.32 Å². The van der Waals surface area contributed by atoms with E-state index in [0.29, 0.717) is 18.7 Å². The molecule has 3 aromatic rings. The number of rotatable bonds is 4. The minimum absolute atomic E-state index is 0.182. The van der Waals surface area contributed by atoms with Crippen molar-refractivity contribution in [3.63, 3.8) is 0 Å². The van der Waals surface area contributed by atoms with E-state index >= 15 is 0 Å². The number of hydrogen-bond donors (Lipinski definition) is 1. The number of aromatic nitrogens is 1. The van der Waals surface area contributed by atoms with Crippen LogP contribution in [0.2, 0.25) is 0 Å². The number of amides is 2. The van der Waals surface area contributed by atoms with Gasteiger partial charge in [-0.3, -0.25) is 9.59 Å². The number of benzene rings is 2. The van der Waals surface area contributed by atoms with E-state index in [-0.39, 0.29) is 17.5 Å². The smallest absolute Gasteiger partial charge is 0.276 e. The summed E-state index contributed by atoms with van der Waals surface area (Å²) >= 11 is 0. The molecule has 2 aromatic carbocycles. The maximum absolute atomic E-state index is 12.9. The third kappa shape index (κ3) is 3.60. The van der Waals surface area contributed by atoms with Crippen molar-refractivity contribution in [3.05, 3.63) is 72.4 Å². The minimum atomic E-state index is -0.505. The molecule has 0 saturated carbocycles. The van der Waals surface area contributed by atoms with E-state index < -0.39 is 6.04 Å². The number of nitrogens with zero attached hydrogens (tertiary/aromatic N) is 2. The standard InChI is InChI=1S/C21H19N3O3/c25-20(22-16-10-5-2-6-11-16)18-12-7-13-24(18)21(26)17-14-19(27-23-17)15-8-3-1-4-9-15/h1-6,8-11,14,18H,7,12-13H2,(H,22,25). The summed E-state index contributed by atoms with van der Waals surface area (Å²) in [6.07, 6.45) is 1.41. The average molecular weight is 361 g/mol. The zero-order valence-electron chi connectivity index (χ0n) is 14.7. The summed E-state index contributed by atoms with van der Waals surface area (Å²) in [7, 11) is 0. The Morgan fingerprint density at radius 3 is 2.48 bits per heavy atom. The van der Waals surface area contributed by atoms with Crippen LogP contribution in [0.3, 0.4) is 0 Å². The molecule has 4 rings (SSSR count). The van der Waals surface area contributed by atoms with E-state index in [1.807, 2.05) is 60.7 Å². The molecule has 1 N–H and O–H groups in total. The van der Waals surface area contributed by atoms with E-state index in [4.69, 9.17) is 4.52 Å². The fourth-order valence-corrected chi connectivity index (χ4v) is 3.29. The predicted octanol–water partition coefficient (Wildman–Crippen LogP) is 3.58. The van der Waals surface area contributed by atoms with Crippen LogP contribution in [0.15, 0.2) is 71.3 Å². The topological polar surface area (TPSA) is 75.4 Å². The molecule has 2 heterocycles. The SMILES string of the molecule is O=C(Nc1ccccc1)C1CCCN1C(=O)c1cc(-c2ccccc2)on1. The van der Waals surface area contributed by atoms with Crippen LogP contribution in [0.5, 0.6) is 0 Å². The highest BCUT2D eigenvalue weighted by Crippen LogP contribution is 2.24. The second kappa shape index (κ2) is 7.45. The van der Waals surface area contributed by atoms with E-state index in [0.717, 1.165) is 17.7 Å². The van der Waals surface area contributed by atoms with Crippen molar-refractivity contribution >= 4 is 17.5 Å². The third-order valence-corrected chi connectivity index (χ3v) is 4.65. The van der Waals surface area contributed by atoms with E-state index in [9.17, 15) is 9.59 Å². The van der Waals surface area contributed by atoms with Crippen LogP contribution in [-0.4, -0.2) is 34.5 Å². The molecule has 0 spiro atoms. The number of hydrogen-bond acceptors (Lipinski definition) is 4. The zero-order valence-corrected chi connectivity index (χ0v) is 14.7. The molecule has 6 nitrogen and oxygen atoms in total. The van der Waals surface area contributed by atoms with Gasteiger partial charge in [0.1, 0.15) is 6.04 Å². The van der Waals surface area contributed by atoms with Crippen molar-refractivity contribution in [2.45, 2.75) is 18.9 Å².